The Hall–Kier alpha value is -1.77. The van der Waals surface area contributed by atoms with Gasteiger partial charge in [-0.2, -0.15) is 18.2 Å². The molecule has 0 spiro atoms. The zero-order valence-electron chi connectivity index (χ0n) is 12.3. The molecular weight excluding hydrogens is 368 g/mol. The molecule has 24 heavy (non-hydrogen) atoms. The monoisotopic (exact) mass is 380 g/mol. The summed E-state index contributed by atoms with van der Waals surface area (Å²) in [5.41, 5.74) is -0.749. The van der Waals surface area contributed by atoms with E-state index >= 15 is 0 Å². The summed E-state index contributed by atoms with van der Waals surface area (Å²) < 4.78 is 39.0. The largest absolute Gasteiger partial charge is 0.433 e. The molecule has 2 rings (SSSR count). The number of nitrogens with zero attached hydrogens (tertiary/aromatic N) is 2. The summed E-state index contributed by atoms with van der Waals surface area (Å²) in [6, 6.07) is 4.73. The Bertz CT molecular complexity index is 707. The number of alkyl halides is 3. The van der Waals surface area contributed by atoms with Crippen molar-refractivity contribution < 1.29 is 18.3 Å². The normalized spacial score (nSPS) is 12.8. The van der Waals surface area contributed by atoms with E-state index in [4.69, 9.17) is 28.3 Å². The fraction of sp³-hybridized carbons (Fsp3) is 0.286. The lowest BCUT2D eigenvalue weighted by Gasteiger charge is -2.15. The average molecular weight is 381 g/mol. The van der Waals surface area contributed by atoms with E-state index in [1.165, 1.54) is 18.2 Å². The standard InChI is InChI=1S/C14H13Cl2F3N4O/c1-7(6-24)20-13-22-11(14(17,18)19)5-12(23-13)21-10-3-8(15)2-9(16)4-10/h2-5,7,24H,6H2,1H3,(H2,20,21,22,23)/t7-/m0/s1. The summed E-state index contributed by atoms with van der Waals surface area (Å²) in [5.74, 6) is -0.356. The van der Waals surface area contributed by atoms with E-state index in [1.807, 2.05) is 0 Å². The highest BCUT2D eigenvalue weighted by Gasteiger charge is 2.34. The number of nitrogens with one attached hydrogen (secondary N) is 2. The molecule has 10 heteroatoms. The number of aliphatic hydroxyl groups is 1. The quantitative estimate of drug-likeness (QED) is 0.719. The molecule has 3 N–H and O–H groups in total. The zero-order valence-corrected chi connectivity index (χ0v) is 13.8. The number of hydrogen-bond donors (Lipinski definition) is 3. The van der Waals surface area contributed by atoms with E-state index in [0.29, 0.717) is 15.7 Å². The van der Waals surface area contributed by atoms with Crippen LogP contribution in [0.3, 0.4) is 0 Å². The minimum atomic E-state index is -4.65. The first-order valence-corrected chi connectivity index (χ1v) is 7.50. The summed E-state index contributed by atoms with van der Waals surface area (Å²) in [4.78, 5) is 7.38. The maximum absolute atomic E-state index is 13.0. The predicted molar refractivity (Wildman–Crippen MR) is 86.9 cm³/mol. The maximum Gasteiger partial charge on any atom is 0.433 e. The van der Waals surface area contributed by atoms with Gasteiger partial charge in [0.25, 0.3) is 0 Å². The molecule has 1 heterocycles. The van der Waals surface area contributed by atoms with Crippen molar-refractivity contribution in [2.45, 2.75) is 19.1 Å². The molecule has 130 valence electrons. The van der Waals surface area contributed by atoms with E-state index in [-0.39, 0.29) is 18.4 Å². The van der Waals surface area contributed by atoms with E-state index in [1.54, 1.807) is 6.92 Å². The van der Waals surface area contributed by atoms with Crippen LogP contribution in [0.1, 0.15) is 12.6 Å². The lowest BCUT2D eigenvalue weighted by molar-refractivity contribution is -0.141. The molecule has 0 saturated heterocycles. The Morgan fingerprint density at radius 2 is 1.75 bits per heavy atom. The van der Waals surface area contributed by atoms with Gasteiger partial charge < -0.3 is 15.7 Å². The Morgan fingerprint density at radius 1 is 1.12 bits per heavy atom. The topological polar surface area (TPSA) is 70.1 Å². The number of aromatic nitrogens is 2. The van der Waals surface area contributed by atoms with Crippen LogP contribution in [0.2, 0.25) is 10.0 Å². The van der Waals surface area contributed by atoms with Crippen LogP contribution in [-0.2, 0) is 6.18 Å². The van der Waals surface area contributed by atoms with Crippen LogP contribution in [0, 0.1) is 0 Å². The predicted octanol–water partition coefficient (Wildman–Crippen LogP) is 4.34. The van der Waals surface area contributed by atoms with Gasteiger partial charge in [0.1, 0.15) is 5.82 Å². The van der Waals surface area contributed by atoms with E-state index < -0.39 is 17.9 Å². The van der Waals surface area contributed by atoms with Crippen LogP contribution in [0.25, 0.3) is 0 Å². The molecule has 0 aliphatic carbocycles. The first-order valence-electron chi connectivity index (χ1n) is 6.74. The van der Waals surface area contributed by atoms with E-state index in [0.717, 1.165) is 6.07 Å². The van der Waals surface area contributed by atoms with Gasteiger partial charge in [0.15, 0.2) is 5.69 Å². The third-order valence-electron chi connectivity index (χ3n) is 2.80. The van der Waals surface area contributed by atoms with Gasteiger partial charge in [-0.05, 0) is 25.1 Å². The highest BCUT2D eigenvalue weighted by Crippen LogP contribution is 2.31. The van der Waals surface area contributed by atoms with Gasteiger partial charge in [-0.3, -0.25) is 0 Å². The number of aliphatic hydroxyl groups excluding tert-OH is 1. The second kappa shape index (κ2) is 7.42. The minimum Gasteiger partial charge on any atom is -0.394 e. The Labute approximate surface area is 145 Å². The molecule has 1 atom stereocenters. The van der Waals surface area contributed by atoms with Crippen molar-refractivity contribution in [2.24, 2.45) is 0 Å². The van der Waals surface area contributed by atoms with Crippen LogP contribution in [0.15, 0.2) is 24.3 Å². The Balaban J connectivity index is 2.38. The molecule has 0 bridgehead atoms. The van der Waals surface area contributed by atoms with Gasteiger partial charge in [-0.15, -0.1) is 0 Å². The molecule has 2 aromatic rings. The highest BCUT2D eigenvalue weighted by atomic mass is 35.5. The summed E-state index contributed by atoms with van der Waals surface area (Å²) in [6.07, 6.45) is -4.65. The van der Waals surface area contributed by atoms with Gasteiger partial charge in [-0.1, -0.05) is 23.2 Å². The molecule has 5 nitrogen and oxygen atoms in total. The summed E-state index contributed by atoms with van der Waals surface area (Å²) in [7, 11) is 0. The SMILES string of the molecule is C[C@@H](CO)Nc1nc(Nc2cc(Cl)cc(Cl)c2)cc(C(F)(F)F)n1. The molecular formula is C14H13Cl2F3N4O. The number of halogens is 5. The lowest BCUT2D eigenvalue weighted by Crippen LogP contribution is -2.22. The fourth-order valence-electron chi connectivity index (χ4n) is 1.76. The number of hydrogen-bond acceptors (Lipinski definition) is 5. The molecule has 0 unspecified atom stereocenters. The Morgan fingerprint density at radius 3 is 2.29 bits per heavy atom. The van der Waals surface area contributed by atoms with Crippen LogP contribution in [0.5, 0.6) is 0 Å². The second-order valence-corrected chi connectivity index (χ2v) is 5.84. The van der Waals surface area contributed by atoms with Gasteiger partial charge in [0.2, 0.25) is 5.95 Å². The number of benzene rings is 1. The van der Waals surface area contributed by atoms with Crippen molar-refractivity contribution >= 4 is 40.7 Å². The molecule has 1 aromatic carbocycles. The lowest BCUT2D eigenvalue weighted by atomic mass is 10.3. The van der Waals surface area contributed by atoms with Crippen molar-refractivity contribution in [1.82, 2.24) is 9.97 Å². The summed E-state index contributed by atoms with van der Waals surface area (Å²) >= 11 is 11.7. The summed E-state index contributed by atoms with van der Waals surface area (Å²) in [5, 5.41) is 14.9. The highest BCUT2D eigenvalue weighted by molar-refractivity contribution is 6.35. The minimum absolute atomic E-state index is 0.0942. The molecule has 0 fully saturated rings. The van der Waals surface area contributed by atoms with Crippen molar-refractivity contribution in [3.05, 3.63) is 40.0 Å². The third-order valence-corrected chi connectivity index (χ3v) is 3.24. The van der Waals surface area contributed by atoms with Crippen molar-refractivity contribution in [3.63, 3.8) is 0 Å². The van der Waals surface area contributed by atoms with Crippen molar-refractivity contribution in [1.29, 1.82) is 0 Å². The second-order valence-electron chi connectivity index (χ2n) is 4.97. The third kappa shape index (κ3) is 5.12. The van der Waals surface area contributed by atoms with Gasteiger partial charge in [0.05, 0.1) is 6.61 Å². The van der Waals surface area contributed by atoms with E-state index in [2.05, 4.69) is 20.6 Å². The first-order chi connectivity index (χ1) is 11.2. The first kappa shape index (κ1) is 18.6. The van der Waals surface area contributed by atoms with Gasteiger partial charge >= 0.3 is 6.18 Å². The number of anilines is 3. The van der Waals surface area contributed by atoms with Gasteiger partial charge in [-0.25, -0.2) is 4.98 Å². The fourth-order valence-corrected chi connectivity index (χ4v) is 2.29. The van der Waals surface area contributed by atoms with E-state index in [9.17, 15) is 13.2 Å². The number of rotatable bonds is 5. The van der Waals surface area contributed by atoms with Crippen LogP contribution < -0.4 is 10.6 Å². The molecule has 0 aliphatic heterocycles. The Kier molecular flexibility index (Phi) is 5.74. The molecule has 1 aromatic heterocycles. The van der Waals surface area contributed by atoms with Crippen LogP contribution >= 0.6 is 23.2 Å². The zero-order chi connectivity index (χ0) is 17.9. The maximum atomic E-state index is 13.0. The summed E-state index contributed by atoms with van der Waals surface area (Å²) in [6.45, 7) is 1.29. The molecule has 0 aliphatic rings. The van der Waals surface area contributed by atoms with Crippen molar-refractivity contribution in [2.75, 3.05) is 17.2 Å². The smallest absolute Gasteiger partial charge is 0.394 e. The molecule has 0 saturated carbocycles. The van der Waals surface area contributed by atoms with Crippen molar-refractivity contribution in [3.8, 4) is 0 Å². The molecule has 0 amide bonds. The average Bonchev–Trinajstić information content (AvgIpc) is 2.44. The van der Waals surface area contributed by atoms with Crippen LogP contribution in [-0.4, -0.2) is 27.7 Å². The van der Waals surface area contributed by atoms with Crippen LogP contribution in [0.4, 0.5) is 30.6 Å². The van der Waals surface area contributed by atoms with Gasteiger partial charge in [0, 0.05) is 27.8 Å². The molecule has 0 radical (unpaired) electrons.